The van der Waals surface area contributed by atoms with Crippen LogP contribution in [0.4, 0.5) is 0 Å². The highest BCUT2D eigenvalue weighted by Crippen LogP contribution is 2.16. The zero-order chi connectivity index (χ0) is 18.4. The molecule has 0 amide bonds. The minimum Gasteiger partial charge on any atom is -0.352 e. The van der Waals surface area contributed by atoms with Crippen molar-refractivity contribution in [3.05, 3.63) is 77.4 Å². The van der Waals surface area contributed by atoms with Gasteiger partial charge in [-0.2, -0.15) is 5.10 Å². The molecule has 0 bridgehead atoms. The van der Waals surface area contributed by atoms with E-state index in [-0.39, 0.29) is 24.0 Å². The fourth-order valence-corrected chi connectivity index (χ4v) is 2.82. The van der Waals surface area contributed by atoms with Gasteiger partial charge in [-0.25, -0.2) is 4.68 Å². The molecule has 7 heteroatoms. The number of aryl methyl sites for hydroxylation is 2. The van der Waals surface area contributed by atoms with Crippen LogP contribution < -0.4 is 10.6 Å². The molecule has 0 atom stereocenters. The number of guanidine groups is 1. The average molecular weight is 476 g/mol. The van der Waals surface area contributed by atoms with Crippen LogP contribution in [0.1, 0.15) is 22.6 Å². The van der Waals surface area contributed by atoms with Crippen LogP contribution in [0.3, 0.4) is 0 Å². The van der Waals surface area contributed by atoms with Crippen LogP contribution >= 0.6 is 24.0 Å². The topological polar surface area (TPSA) is 67.1 Å². The molecule has 27 heavy (non-hydrogen) atoms. The van der Waals surface area contributed by atoms with Gasteiger partial charge < -0.3 is 10.6 Å². The van der Waals surface area contributed by atoms with Crippen LogP contribution in [0, 0.1) is 13.8 Å². The molecule has 0 unspecified atom stereocenters. The van der Waals surface area contributed by atoms with Crippen LogP contribution in [0.15, 0.2) is 59.7 Å². The van der Waals surface area contributed by atoms with Gasteiger partial charge in [-0.3, -0.25) is 9.98 Å². The summed E-state index contributed by atoms with van der Waals surface area (Å²) in [6.45, 7) is 5.35. The molecule has 6 nitrogen and oxygen atoms in total. The summed E-state index contributed by atoms with van der Waals surface area (Å²) in [5.74, 6) is 0.735. The number of rotatable bonds is 5. The Morgan fingerprint density at radius 2 is 1.78 bits per heavy atom. The van der Waals surface area contributed by atoms with Crippen molar-refractivity contribution in [2.75, 3.05) is 7.05 Å². The van der Waals surface area contributed by atoms with Gasteiger partial charge >= 0.3 is 0 Å². The summed E-state index contributed by atoms with van der Waals surface area (Å²) >= 11 is 0. The second-order valence-electron chi connectivity index (χ2n) is 6.07. The molecule has 3 rings (SSSR count). The number of aliphatic imine (C=N–C) groups is 1. The quantitative estimate of drug-likeness (QED) is 0.337. The van der Waals surface area contributed by atoms with Crippen LogP contribution in [0.2, 0.25) is 0 Å². The minimum atomic E-state index is 0. The number of halogens is 1. The molecule has 3 aromatic rings. The summed E-state index contributed by atoms with van der Waals surface area (Å²) in [5, 5.41) is 11.2. The van der Waals surface area contributed by atoms with Crippen molar-refractivity contribution in [1.29, 1.82) is 0 Å². The van der Waals surface area contributed by atoms with E-state index in [4.69, 9.17) is 0 Å². The molecule has 2 N–H and O–H groups in total. The Bertz CT molecular complexity index is 888. The summed E-state index contributed by atoms with van der Waals surface area (Å²) in [4.78, 5) is 8.60. The van der Waals surface area contributed by atoms with E-state index in [1.54, 1.807) is 13.2 Å². The van der Waals surface area contributed by atoms with Gasteiger partial charge in [0, 0.05) is 25.5 Å². The second kappa shape index (κ2) is 10.1. The normalized spacial score (nSPS) is 11.0. The van der Waals surface area contributed by atoms with E-state index in [0.717, 1.165) is 34.3 Å². The Labute approximate surface area is 177 Å². The Balaban J connectivity index is 0.00000261. The molecular weight excluding hydrogens is 451 g/mol. The molecule has 0 fully saturated rings. The Hall–Kier alpha value is -2.42. The van der Waals surface area contributed by atoms with Crippen molar-refractivity contribution in [1.82, 2.24) is 25.4 Å². The van der Waals surface area contributed by atoms with E-state index in [0.29, 0.717) is 13.1 Å². The van der Waals surface area contributed by atoms with Crippen molar-refractivity contribution < 1.29 is 0 Å². The van der Waals surface area contributed by atoms with Gasteiger partial charge in [-0.05, 0) is 43.7 Å². The highest BCUT2D eigenvalue weighted by molar-refractivity contribution is 14.0. The monoisotopic (exact) mass is 476 g/mol. The molecule has 0 saturated heterocycles. The smallest absolute Gasteiger partial charge is 0.191 e. The molecular formula is C20H25IN6. The zero-order valence-electron chi connectivity index (χ0n) is 15.8. The lowest BCUT2D eigenvalue weighted by atomic mass is 10.1. The van der Waals surface area contributed by atoms with E-state index >= 15 is 0 Å². The van der Waals surface area contributed by atoms with Gasteiger partial charge in [-0.1, -0.05) is 24.3 Å². The lowest BCUT2D eigenvalue weighted by molar-refractivity contribution is 0.774. The standard InChI is InChI=1S/C20H24N6.HI/c1-15-12-16(2)26(25-15)19-10-5-4-8-17(19)13-23-20(21-3)24-14-18-9-6-7-11-22-18;/h4-12H,13-14H2,1-3H3,(H2,21,23,24);1H. The van der Waals surface area contributed by atoms with Crippen LogP contribution in [0.5, 0.6) is 0 Å². The van der Waals surface area contributed by atoms with Gasteiger partial charge in [0.15, 0.2) is 5.96 Å². The summed E-state index contributed by atoms with van der Waals surface area (Å²) in [6.07, 6.45) is 1.79. The summed E-state index contributed by atoms with van der Waals surface area (Å²) in [7, 11) is 1.76. The SMILES string of the molecule is CN=C(NCc1ccccn1)NCc1ccccc1-n1nc(C)cc1C.I. The number of hydrogen-bond acceptors (Lipinski definition) is 3. The molecule has 0 aliphatic carbocycles. The lowest BCUT2D eigenvalue weighted by Crippen LogP contribution is -2.36. The Morgan fingerprint density at radius 3 is 2.44 bits per heavy atom. The molecule has 2 aromatic heterocycles. The highest BCUT2D eigenvalue weighted by atomic mass is 127. The number of nitrogens with one attached hydrogen (secondary N) is 2. The van der Waals surface area contributed by atoms with E-state index in [9.17, 15) is 0 Å². The van der Waals surface area contributed by atoms with Gasteiger partial charge in [0.25, 0.3) is 0 Å². The molecule has 2 heterocycles. The van der Waals surface area contributed by atoms with Gasteiger partial charge in [0.05, 0.1) is 23.6 Å². The summed E-state index contributed by atoms with van der Waals surface area (Å²) in [6, 6.07) is 16.2. The number of pyridine rings is 1. The summed E-state index contributed by atoms with van der Waals surface area (Å²) in [5.41, 5.74) is 5.33. The first-order chi connectivity index (χ1) is 12.7. The molecule has 0 radical (unpaired) electrons. The van der Waals surface area contributed by atoms with Crippen molar-refractivity contribution in [2.45, 2.75) is 26.9 Å². The lowest BCUT2D eigenvalue weighted by Gasteiger charge is -2.15. The van der Waals surface area contributed by atoms with Gasteiger partial charge in [-0.15, -0.1) is 24.0 Å². The Kier molecular flexibility index (Phi) is 7.78. The number of benzene rings is 1. The third-order valence-corrected chi connectivity index (χ3v) is 4.06. The van der Waals surface area contributed by atoms with Crippen molar-refractivity contribution in [3.63, 3.8) is 0 Å². The number of aromatic nitrogens is 3. The van der Waals surface area contributed by atoms with E-state index in [2.05, 4.69) is 50.8 Å². The maximum absolute atomic E-state index is 4.60. The first-order valence-electron chi connectivity index (χ1n) is 8.63. The van der Waals surface area contributed by atoms with Crippen molar-refractivity contribution >= 4 is 29.9 Å². The Morgan fingerprint density at radius 1 is 1.04 bits per heavy atom. The van der Waals surface area contributed by atoms with Crippen LogP contribution in [-0.4, -0.2) is 27.8 Å². The molecule has 0 saturated carbocycles. The number of nitrogens with zero attached hydrogens (tertiary/aromatic N) is 4. The molecule has 0 aliphatic heterocycles. The fraction of sp³-hybridized carbons (Fsp3) is 0.250. The maximum Gasteiger partial charge on any atom is 0.191 e. The van der Waals surface area contributed by atoms with Crippen LogP contribution in [-0.2, 0) is 13.1 Å². The maximum atomic E-state index is 4.60. The predicted molar refractivity (Wildman–Crippen MR) is 120 cm³/mol. The second-order valence-corrected chi connectivity index (χ2v) is 6.07. The first kappa shape index (κ1) is 20.9. The largest absolute Gasteiger partial charge is 0.352 e. The molecule has 0 aliphatic rings. The summed E-state index contributed by atoms with van der Waals surface area (Å²) < 4.78 is 1.98. The van der Waals surface area contributed by atoms with Crippen molar-refractivity contribution in [3.8, 4) is 5.69 Å². The zero-order valence-corrected chi connectivity index (χ0v) is 18.1. The number of para-hydroxylation sites is 1. The molecule has 142 valence electrons. The average Bonchev–Trinajstić information content (AvgIpc) is 3.01. The fourth-order valence-electron chi connectivity index (χ4n) is 2.82. The molecule has 1 aromatic carbocycles. The highest BCUT2D eigenvalue weighted by Gasteiger charge is 2.09. The van der Waals surface area contributed by atoms with Crippen molar-refractivity contribution in [2.24, 2.45) is 4.99 Å². The van der Waals surface area contributed by atoms with E-state index in [1.807, 2.05) is 41.9 Å². The minimum absolute atomic E-state index is 0. The van der Waals surface area contributed by atoms with E-state index in [1.165, 1.54) is 0 Å². The van der Waals surface area contributed by atoms with Crippen LogP contribution in [0.25, 0.3) is 5.69 Å². The third-order valence-electron chi connectivity index (χ3n) is 4.06. The number of hydrogen-bond donors (Lipinski definition) is 2. The van der Waals surface area contributed by atoms with Gasteiger partial charge in [0.1, 0.15) is 0 Å². The van der Waals surface area contributed by atoms with E-state index < -0.39 is 0 Å². The molecule has 0 spiro atoms. The first-order valence-corrected chi connectivity index (χ1v) is 8.63. The predicted octanol–water partition coefficient (Wildman–Crippen LogP) is 3.37. The third kappa shape index (κ3) is 5.53. The van der Waals surface area contributed by atoms with Gasteiger partial charge in [0.2, 0.25) is 0 Å².